The van der Waals surface area contributed by atoms with Crippen LogP contribution in [0, 0.1) is 5.92 Å². The summed E-state index contributed by atoms with van der Waals surface area (Å²) in [6.07, 6.45) is 2.64. The van der Waals surface area contributed by atoms with Crippen molar-refractivity contribution >= 4 is 28.9 Å². The lowest BCUT2D eigenvalue weighted by Gasteiger charge is -2.37. The van der Waals surface area contributed by atoms with Gasteiger partial charge in [-0.1, -0.05) is 11.6 Å². The zero-order valence-electron chi connectivity index (χ0n) is 15.4. The smallest absolute Gasteiger partial charge is 0.193 e. The molecule has 2 fully saturated rings. The number of hydrogen-bond acceptors (Lipinski definition) is 4. The summed E-state index contributed by atoms with van der Waals surface area (Å²) >= 11 is 7.72. The van der Waals surface area contributed by atoms with E-state index in [0.29, 0.717) is 0 Å². The molecule has 0 spiro atoms. The van der Waals surface area contributed by atoms with Gasteiger partial charge in [0, 0.05) is 57.7 Å². The van der Waals surface area contributed by atoms with E-state index in [2.05, 4.69) is 38.1 Å². The Hall–Kier alpha value is -0.820. The molecule has 0 bridgehead atoms. The van der Waals surface area contributed by atoms with Crippen LogP contribution in [0.2, 0.25) is 4.34 Å². The van der Waals surface area contributed by atoms with Crippen molar-refractivity contribution in [3.63, 3.8) is 0 Å². The van der Waals surface area contributed by atoms with E-state index < -0.39 is 0 Å². The first kappa shape index (κ1) is 19.0. The number of aliphatic imine (C=N–C) groups is 1. The minimum Gasteiger partial charge on any atom is -0.356 e. The number of rotatable bonds is 4. The molecule has 1 aromatic rings. The fourth-order valence-corrected chi connectivity index (χ4v) is 4.91. The monoisotopic (exact) mass is 383 g/mol. The summed E-state index contributed by atoms with van der Waals surface area (Å²) in [7, 11) is 4.12. The van der Waals surface area contributed by atoms with Gasteiger partial charge in [-0.05, 0) is 44.5 Å². The van der Waals surface area contributed by atoms with Gasteiger partial charge in [0.15, 0.2) is 5.96 Å². The van der Waals surface area contributed by atoms with E-state index in [1.165, 1.54) is 30.8 Å². The minimum atomic E-state index is 0.736. The predicted octanol–water partition coefficient (Wildman–Crippen LogP) is 2.44. The highest BCUT2D eigenvalue weighted by Crippen LogP contribution is 2.23. The Kier molecular flexibility index (Phi) is 6.99. The second-order valence-corrected chi connectivity index (χ2v) is 8.97. The first-order chi connectivity index (χ1) is 12.1. The number of guanidine groups is 1. The summed E-state index contributed by atoms with van der Waals surface area (Å²) in [5.74, 6) is 1.80. The standard InChI is InChI=1S/C18H30ClN5S/c1-20-18(21-12-15-4-3-7-22(2)13-15)24-10-8-23(9-11-24)14-16-5-6-17(19)25-16/h5-6,15H,3-4,7-14H2,1-2H3,(H,20,21). The first-order valence-electron chi connectivity index (χ1n) is 9.25. The summed E-state index contributed by atoms with van der Waals surface area (Å²) in [6.45, 7) is 8.68. The molecule has 1 unspecified atom stereocenters. The van der Waals surface area contributed by atoms with Gasteiger partial charge in [-0.2, -0.15) is 0 Å². The van der Waals surface area contributed by atoms with Crippen LogP contribution in [-0.2, 0) is 6.54 Å². The van der Waals surface area contributed by atoms with Gasteiger partial charge in [0.25, 0.3) is 0 Å². The van der Waals surface area contributed by atoms with Crippen LogP contribution in [0.1, 0.15) is 17.7 Å². The summed E-state index contributed by atoms with van der Waals surface area (Å²) < 4.78 is 0.881. The van der Waals surface area contributed by atoms with E-state index in [0.717, 1.165) is 55.5 Å². The Morgan fingerprint density at radius 3 is 2.72 bits per heavy atom. The van der Waals surface area contributed by atoms with Gasteiger partial charge in [0.05, 0.1) is 4.34 Å². The second-order valence-electron chi connectivity index (χ2n) is 7.17. The molecule has 2 aliphatic rings. The molecule has 2 aliphatic heterocycles. The first-order valence-corrected chi connectivity index (χ1v) is 10.4. The van der Waals surface area contributed by atoms with Gasteiger partial charge >= 0.3 is 0 Å². The number of piperazine rings is 1. The van der Waals surface area contributed by atoms with E-state index >= 15 is 0 Å². The zero-order valence-corrected chi connectivity index (χ0v) is 17.0. The van der Waals surface area contributed by atoms with Crippen molar-refractivity contribution < 1.29 is 0 Å². The quantitative estimate of drug-likeness (QED) is 0.639. The number of hydrogen-bond donors (Lipinski definition) is 1. The Labute approximate surface area is 160 Å². The fraction of sp³-hybridized carbons (Fsp3) is 0.722. The fourth-order valence-electron chi connectivity index (χ4n) is 3.78. The number of nitrogens with one attached hydrogen (secondary N) is 1. The molecule has 2 saturated heterocycles. The molecule has 1 atom stereocenters. The number of nitrogens with zero attached hydrogens (tertiary/aromatic N) is 4. The van der Waals surface area contributed by atoms with Gasteiger partial charge in [-0.25, -0.2) is 0 Å². The van der Waals surface area contributed by atoms with Crippen molar-refractivity contribution in [2.75, 3.05) is 59.9 Å². The summed E-state index contributed by atoms with van der Waals surface area (Å²) in [5.41, 5.74) is 0. The van der Waals surface area contributed by atoms with E-state index in [1.807, 2.05) is 13.1 Å². The van der Waals surface area contributed by atoms with Gasteiger partial charge in [-0.15, -0.1) is 11.3 Å². The Bertz CT molecular complexity index is 568. The van der Waals surface area contributed by atoms with Crippen molar-refractivity contribution in [1.29, 1.82) is 0 Å². The minimum absolute atomic E-state index is 0.736. The lowest BCUT2D eigenvalue weighted by atomic mass is 9.98. The molecule has 0 saturated carbocycles. The topological polar surface area (TPSA) is 34.1 Å². The third-order valence-electron chi connectivity index (χ3n) is 5.16. The van der Waals surface area contributed by atoms with Gasteiger partial charge < -0.3 is 15.1 Å². The molecule has 140 valence electrons. The van der Waals surface area contributed by atoms with Crippen LogP contribution in [0.25, 0.3) is 0 Å². The number of likely N-dealkylation sites (tertiary alicyclic amines) is 1. The van der Waals surface area contributed by atoms with Gasteiger partial charge in [0.1, 0.15) is 0 Å². The summed E-state index contributed by atoms with van der Waals surface area (Å²) in [4.78, 5) is 13.2. The molecule has 7 heteroatoms. The Morgan fingerprint density at radius 1 is 1.28 bits per heavy atom. The third-order valence-corrected chi connectivity index (χ3v) is 6.38. The number of halogens is 1. The van der Waals surface area contributed by atoms with Crippen molar-refractivity contribution in [2.45, 2.75) is 19.4 Å². The van der Waals surface area contributed by atoms with Crippen molar-refractivity contribution in [2.24, 2.45) is 10.9 Å². The van der Waals surface area contributed by atoms with Gasteiger partial charge in [0.2, 0.25) is 0 Å². The van der Waals surface area contributed by atoms with E-state index in [-0.39, 0.29) is 0 Å². The van der Waals surface area contributed by atoms with Crippen molar-refractivity contribution in [1.82, 2.24) is 20.0 Å². The average molecular weight is 384 g/mol. The van der Waals surface area contributed by atoms with Gasteiger partial charge in [-0.3, -0.25) is 9.89 Å². The summed E-state index contributed by atoms with van der Waals surface area (Å²) in [6, 6.07) is 4.13. The molecular formula is C18H30ClN5S. The van der Waals surface area contributed by atoms with Crippen LogP contribution in [0.4, 0.5) is 0 Å². The molecule has 0 aromatic carbocycles. The molecule has 0 amide bonds. The third kappa shape index (κ3) is 5.58. The largest absolute Gasteiger partial charge is 0.356 e. The van der Waals surface area contributed by atoms with E-state index in [9.17, 15) is 0 Å². The lowest BCUT2D eigenvalue weighted by molar-refractivity contribution is 0.171. The zero-order chi connectivity index (χ0) is 17.6. The SMILES string of the molecule is CN=C(NCC1CCCN(C)C1)N1CCN(Cc2ccc(Cl)s2)CC1. The lowest BCUT2D eigenvalue weighted by Crippen LogP contribution is -2.53. The molecule has 5 nitrogen and oxygen atoms in total. The maximum atomic E-state index is 6.03. The molecule has 0 radical (unpaired) electrons. The highest BCUT2D eigenvalue weighted by atomic mass is 35.5. The predicted molar refractivity (Wildman–Crippen MR) is 108 cm³/mol. The number of thiophene rings is 1. The second kappa shape index (κ2) is 9.21. The Balaban J connectivity index is 1.42. The molecule has 3 heterocycles. The molecule has 3 rings (SSSR count). The van der Waals surface area contributed by atoms with Crippen molar-refractivity contribution in [3.05, 3.63) is 21.3 Å². The molecule has 1 aromatic heterocycles. The molecule has 25 heavy (non-hydrogen) atoms. The summed E-state index contributed by atoms with van der Waals surface area (Å²) in [5, 5.41) is 3.61. The van der Waals surface area contributed by atoms with Crippen LogP contribution in [0.3, 0.4) is 0 Å². The Morgan fingerprint density at radius 2 is 2.08 bits per heavy atom. The van der Waals surface area contributed by atoms with E-state index in [4.69, 9.17) is 11.6 Å². The van der Waals surface area contributed by atoms with Crippen LogP contribution < -0.4 is 5.32 Å². The maximum Gasteiger partial charge on any atom is 0.193 e. The molecular weight excluding hydrogens is 354 g/mol. The maximum absolute atomic E-state index is 6.03. The average Bonchev–Trinajstić information content (AvgIpc) is 3.02. The molecule has 1 N–H and O–H groups in total. The normalized spacial score (nSPS) is 23.9. The highest BCUT2D eigenvalue weighted by Gasteiger charge is 2.22. The van der Waals surface area contributed by atoms with Crippen LogP contribution in [0.5, 0.6) is 0 Å². The molecule has 0 aliphatic carbocycles. The van der Waals surface area contributed by atoms with Crippen LogP contribution in [-0.4, -0.2) is 80.6 Å². The van der Waals surface area contributed by atoms with E-state index in [1.54, 1.807) is 11.3 Å². The number of piperidine rings is 1. The van der Waals surface area contributed by atoms with Crippen LogP contribution >= 0.6 is 22.9 Å². The highest BCUT2D eigenvalue weighted by molar-refractivity contribution is 7.16. The van der Waals surface area contributed by atoms with Crippen LogP contribution in [0.15, 0.2) is 17.1 Å². The van der Waals surface area contributed by atoms with Crippen molar-refractivity contribution in [3.8, 4) is 0 Å².